The topological polar surface area (TPSA) is 101 Å². The third-order valence-corrected chi connectivity index (χ3v) is 8.81. The molecule has 6 heteroatoms. The van der Waals surface area contributed by atoms with Gasteiger partial charge >= 0.3 is 17.9 Å². The third kappa shape index (κ3) is 24.9. The Hall–Kier alpha value is -2.89. The highest BCUT2D eigenvalue weighted by Crippen LogP contribution is 2.22. The van der Waals surface area contributed by atoms with Gasteiger partial charge in [0.25, 0.3) is 0 Å². The van der Waals surface area contributed by atoms with E-state index >= 15 is 0 Å². The van der Waals surface area contributed by atoms with E-state index in [1.54, 1.807) is 30.3 Å². The Bertz CT molecular complexity index is 1090. The predicted octanol–water partition coefficient (Wildman–Crippen LogP) is 12.7. The monoisotopic (exact) mass is 654 g/mol. The maximum Gasteiger partial charge on any atom is 0.335 e. The molecule has 0 saturated heterocycles. The van der Waals surface area contributed by atoms with Gasteiger partial charge < -0.3 is 14.9 Å². The van der Waals surface area contributed by atoms with Gasteiger partial charge in [0.15, 0.2) is 0 Å². The smallest absolute Gasteiger partial charge is 0.335 e. The Kier molecular flexibility index (Phi) is 26.2. The summed E-state index contributed by atoms with van der Waals surface area (Å²) >= 11 is 0. The number of hydrogen-bond donors (Lipinski definition) is 2. The van der Waals surface area contributed by atoms with E-state index < -0.39 is 11.9 Å². The van der Waals surface area contributed by atoms with Crippen LogP contribution >= 0.6 is 0 Å². The zero-order valence-electron chi connectivity index (χ0n) is 29.9. The van der Waals surface area contributed by atoms with Crippen LogP contribution < -0.4 is 4.74 Å². The predicted molar refractivity (Wildman–Crippen MR) is 196 cm³/mol. The van der Waals surface area contributed by atoms with E-state index in [-0.39, 0.29) is 11.5 Å². The molecule has 0 atom stereocenters. The Morgan fingerprint density at radius 1 is 0.511 bits per heavy atom. The highest BCUT2D eigenvalue weighted by atomic mass is 16.5. The molecule has 0 amide bonds. The van der Waals surface area contributed by atoms with E-state index in [2.05, 4.69) is 6.92 Å². The van der Waals surface area contributed by atoms with E-state index in [0.717, 1.165) is 23.6 Å². The Morgan fingerprint density at radius 2 is 0.872 bits per heavy atom. The molecule has 0 saturated carbocycles. The van der Waals surface area contributed by atoms with Crippen molar-refractivity contribution in [3.63, 3.8) is 0 Å². The first-order valence-electron chi connectivity index (χ1n) is 19.0. The van der Waals surface area contributed by atoms with E-state index in [1.165, 1.54) is 161 Å². The lowest BCUT2D eigenvalue weighted by Crippen LogP contribution is -2.01. The Labute approximate surface area is 286 Å². The molecular weight excluding hydrogens is 588 g/mol. The zero-order valence-corrected chi connectivity index (χ0v) is 29.9. The van der Waals surface area contributed by atoms with Gasteiger partial charge in [-0.1, -0.05) is 173 Å². The van der Waals surface area contributed by atoms with Crippen LogP contribution in [0.3, 0.4) is 0 Å². The first-order valence-corrected chi connectivity index (χ1v) is 19.0. The van der Waals surface area contributed by atoms with Gasteiger partial charge in [-0.05, 0) is 41.5 Å². The molecule has 0 bridgehead atoms. The second kappa shape index (κ2) is 29.3. The normalized spacial score (nSPS) is 10.9. The number of rotatable bonds is 28. The van der Waals surface area contributed by atoms with Crippen LogP contribution in [0.5, 0.6) is 5.75 Å². The molecule has 47 heavy (non-hydrogen) atoms. The first-order chi connectivity index (χ1) is 22.8. The van der Waals surface area contributed by atoms with Crippen LogP contribution in [0, 0.1) is 0 Å². The standard InChI is InChI=1S/C28H56O2.C13H10O4/c1-2-3-4-5-6-7-8-9-10-11-12-13-14-15-16-17-18-19-20-21-22-23-24-25-26-27-28(29)30;1-8(14)17-12-5-4-9-6-11(13(15)16)3-2-10(9)7-12/h2-27H2,1H3,(H,29,30);2-7H,1H3,(H,15,16). The minimum Gasteiger partial charge on any atom is -0.481 e. The van der Waals surface area contributed by atoms with E-state index in [9.17, 15) is 14.4 Å². The second-order valence-electron chi connectivity index (χ2n) is 13.3. The molecule has 0 radical (unpaired) electrons. The van der Waals surface area contributed by atoms with Crippen LogP contribution in [-0.2, 0) is 9.59 Å². The number of ether oxygens (including phenoxy) is 1. The van der Waals surface area contributed by atoms with Gasteiger partial charge in [-0.15, -0.1) is 0 Å². The number of esters is 1. The molecule has 0 spiro atoms. The fraction of sp³-hybridized carbons (Fsp3) is 0.683. The van der Waals surface area contributed by atoms with Crippen LogP contribution in [0.15, 0.2) is 36.4 Å². The molecule has 0 heterocycles. The van der Waals surface area contributed by atoms with Crippen molar-refractivity contribution in [3.8, 4) is 5.75 Å². The number of unbranched alkanes of at least 4 members (excludes halogenated alkanes) is 24. The van der Waals surface area contributed by atoms with Gasteiger partial charge in [0.05, 0.1) is 5.56 Å². The molecule has 2 aromatic rings. The highest BCUT2D eigenvalue weighted by molar-refractivity contribution is 5.94. The van der Waals surface area contributed by atoms with Crippen LogP contribution in [-0.4, -0.2) is 28.1 Å². The van der Waals surface area contributed by atoms with Crippen LogP contribution in [0.25, 0.3) is 10.8 Å². The molecule has 2 N–H and O–H groups in total. The number of hydrogen-bond acceptors (Lipinski definition) is 4. The number of fused-ring (bicyclic) bond motifs is 1. The fourth-order valence-electron chi connectivity index (χ4n) is 6.00. The number of carbonyl (C=O) groups excluding carboxylic acids is 1. The maximum atomic E-state index is 10.8. The maximum absolute atomic E-state index is 10.8. The lowest BCUT2D eigenvalue weighted by Gasteiger charge is -2.04. The van der Waals surface area contributed by atoms with Crippen molar-refractivity contribution in [1.82, 2.24) is 0 Å². The molecule has 0 fully saturated rings. The average Bonchev–Trinajstić information content (AvgIpc) is 3.04. The van der Waals surface area contributed by atoms with Crippen molar-refractivity contribution in [2.24, 2.45) is 0 Å². The molecule has 0 aliphatic rings. The quantitative estimate of drug-likeness (QED) is 0.0538. The van der Waals surface area contributed by atoms with E-state index in [1.807, 2.05) is 0 Å². The van der Waals surface area contributed by atoms with Crippen molar-refractivity contribution in [2.75, 3.05) is 0 Å². The largest absolute Gasteiger partial charge is 0.481 e. The lowest BCUT2D eigenvalue weighted by atomic mass is 10.0. The van der Waals surface area contributed by atoms with Gasteiger partial charge in [0, 0.05) is 13.3 Å². The first kappa shape index (κ1) is 42.1. The summed E-state index contributed by atoms with van der Waals surface area (Å²) in [5, 5.41) is 19.1. The summed E-state index contributed by atoms with van der Waals surface area (Å²) < 4.78 is 4.94. The second-order valence-corrected chi connectivity index (χ2v) is 13.3. The molecule has 266 valence electrons. The van der Waals surface area contributed by atoms with Crippen molar-refractivity contribution in [3.05, 3.63) is 42.0 Å². The van der Waals surface area contributed by atoms with E-state index in [4.69, 9.17) is 14.9 Å². The van der Waals surface area contributed by atoms with Gasteiger partial charge in [-0.3, -0.25) is 9.59 Å². The summed E-state index contributed by atoms with van der Waals surface area (Å²) in [6.07, 6.45) is 35.0. The van der Waals surface area contributed by atoms with Crippen LogP contribution in [0.2, 0.25) is 0 Å². The Morgan fingerprint density at radius 3 is 1.23 bits per heavy atom. The van der Waals surface area contributed by atoms with Crippen molar-refractivity contribution >= 4 is 28.7 Å². The lowest BCUT2D eigenvalue weighted by molar-refractivity contribution is -0.137. The number of carboxylic acid groups (broad SMARTS) is 2. The summed E-state index contributed by atoms with van der Waals surface area (Å²) in [4.78, 5) is 32.0. The number of aromatic carboxylic acids is 1. The molecular formula is C41H66O6. The molecule has 0 aliphatic carbocycles. The van der Waals surface area contributed by atoms with Gasteiger partial charge in [-0.2, -0.15) is 0 Å². The van der Waals surface area contributed by atoms with Crippen LogP contribution in [0.1, 0.15) is 191 Å². The molecule has 6 nitrogen and oxygen atoms in total. The summed E-state index contributed by atoms with van der Waals surface area (Å²) in [6.45, 7) is 3.63. The van der Waals surface area contributed by atoms with Crippen molar-refractivity contribution in [1.29, 1.82) is 0 Å². The minimum atomic E-state index is -0.962. The fourth-order valence-corrected chi connectivity index (χ4v) is 6.00. The molecule has 0 aromatic heterocycles. The Balaban J connectivity index is 0.000000542. The third-order valence-electron chi connectivity index (χ3n) is 8.81. The molecule has 2 aromatic carbocycles. The van der Waals surface area contributed by atoms with Crippen molar-refractivity contribution in [2.45, 2.75) is 181 Å². The number of carboxylic acids is 2. The number of aliphatic carboxylic acids is 1. The summed E-state index contributed by atoms with van der Waals surface area (Å²) in [5.74, 6) is -1.54. The average molecular weight is 655 g/mol. The number of benzene rings is 2. The van der Waals surface area contributed by atoms with Crippen molar-refractivity contribution < 1.29 is 29.3 Å². The summed E-state index contributed by atoms with van der Waals surface area (Å²) in [6, 6.07) is 9.83. The summed E-state index contributed by atoms with van der Waals surface area (Å²) in [7, 11) is 0. The molecule has 0 aliphatic heterocycles. The summed E-state index contributed by atoms with van der Waals surface area (Å²) in [5.41, 5.74) is 0.234. The van der Waals surface area contributed by atoms with Crippen LogP contribution in [0.4, 0.5) is 0 Å². The number of carbonyl (C=O) groups is 3. The molecule has 0 unspecified atom stereocenters. The molecule has 2 rings (SSSR count). The van der Waals surface area contributed by atoms with Gasteiger partial charge in [0.1, 0.15) is 5.75 Å². The zero-order chi connectivity index (χ0) is 34.4. The van der Waals surface area contributed by atoms with E-state index in [0.29, 0.717) is 12.2 Å². The minimum absolute atomic E-state index is 0.234. The highest BCUT2D eigenvalue weighted by Gasteiger charge is 2.05. The van der Waals surface area contributed by atoms with Gasteiger partial charge in [0.2, 0.25) is 0 Å². The SMILES string of the molecule is CC(=O)Oc1ccc2cc(C(=O)O)ccc2c1.CCCCCCCCCCCCCCCCCCCCCCCCCCCC(=O)O. The van der Waals surface area contributed by atoms with Gasteiger partial charge in [-0.25, -0.2) is 4.79 Å².